The van der Waals surface area contributed by atoms with Crippen LogP contribution >= 0.6 is 69.6 Å². The Morgan fingerprint density at radius 2 is 1.15 bits per heavy atom. The molecule has 0 aliphatic carbocycles. The Kier molecular flexibility index (Phi) is 6.03. The molecule has 0 saturated carbocycles. The lowest BCUT2D eigenvalue weighted by molar-refractivity contribution is 0.111. The van der Waals surface area contributed by atoms with E-state index in [0.29, 0.717) is 48.8 Å². The SMILES string of the molecule is O=Cc1ccc(-c2c(Cl)cc(Cl)cc2Cl)c(-c2c(Cl)cc(Cl)cc2Cl)n1. The Balaban J connectivity index is 2.39. The maximum atomic E-state index is 11.2. The van der Waals surface area contributed by atoms with E-state index in [-0.39, 0.29) is 15.7 Å². The first kappa shape index (κ1) is 19.8. The third-order valence-corrected chi connectivity index (χ3v) is 5.19. The summed E-state index contributed by atoms with van der Waals surface area (Å²) in [4.78, 5) is 15.6. The van der Waals surface area contributed by atoms with Crippen LogP contribution in [0.1, 0.15) is 10.5 Å². The van der Waals surface area contributed by atoms with Crippen molar-refractivity contribution in [1.82, 2.24) is 4.98 Å². The molecule has 0 fully saturated rings. The third-order valence-electron chi connectivity index (χ3n) is 3.56. The molecule has 0 unspecified atom stereocenters. The van der Waals surface area contributed by atoms with Crippen LogP contribution in [0.5, 0.6) is 0 Å². The van der Waals surface area contributed by atoms with E-state index in [2.05, 4.69) is 4.98 Å². The molecule has 132 valence electrons. The Bertz CT molecular complexity index is 988. The zero-order chi connectivity index (χ0) is 19.0. The molecule has 8 heteroatoms. The molecule has 0 aliphatic rings. The molecule has 0 bridgehead atoms. The van der Waals surface area contributed by atoms with Gasteiger partial charge in [-0.2, -0.15) is 0 Å². The van der Waals surface area contributed by atoms with Crippen molar-refractivity contribution < 1.29 is 4.79 Å². The highest BCUT2D eigenvalue weighted by atomic mass is 35.5. The van der Waals surface area contributed by atoms with Crippen LogP contribution in [0.2, 0.25) is 30.1 Å². The van der Waals surface area contributed by atoms with Gasteiger partial charge in [-0.15, -0.1) is 0 Å². The van der Waals surface area contributed by atoms with E-state index in [4.69, 9.17) is 69.6 Å². The van der Waals surface area contributed by atoms with E-state index in [0.717, 1.165) is 0 Å². The molecule has 1 heterocycles. The molecular formula is C18H7Cl6NO. The maximum absolute atomic E-state index is 11.2. The molecule has 0 atom stereocenters. The number of nitrogens with zero attached hydrogens (tertiary/aromatic N) is 1. The number of pyridine rings is 1. The van der Waals surface area contributed by atoms with Gasteiger partial charge < -0.3 is 0 Å². The van der Waals surface area contributed by atoms with Gasteiger partial charge in [0.25, 0.3) is 0 Å². The Morgan fingerprint density at radius 1 is 0.692 bits per heavy atom. The van der Waals surface area contributed by atoms with E-state index in [1.807, 2.05) is 0 Å². The molecule has 0 radical (unpaired) electrons. The van der Waals surface area contributed by atoms with E-state index >= 15 is 0 Å². The summed E-state index contributed by atoms with van der Waals surface area (Å²) >= 11 is 37.4. The average Bonchev–Trinajstić information content (AvgIpc) is 2.54. The summed E-state index contributed by atoms with van der Waals surface area (Å²) < 4.78 is 0. The van der Waals surface area contributed by atoms with Crippen molar-refractivity contribution in [2.75, 3.05) is 0 Å². The van der Waals surface area contributed by atoms with Crippen LogP contribution in [0, 0.1) is 0 Å². The van der Waals surface area contributed by atoms with Crippen molar-refractivity contribution in [3.8, 4) is 22.4 Å². The summed E-state index contributed by atoms with van der Waals surface area (Å²) in [5.74, 6) is 0. The lowest BCUT2D eigenvalue weighted by atomic mass is 9.98. The van der Waals surface area contributed by atoms with Gasteiger partial charge in [-0.1, -0.05) is 69.6 Å². The molecule has 0 N–H and O–H groups in total. The number of carbonyl (C=O) groups excluding carboxylic acids is 1. The van der Waals surface area contributed by atoms with Gasteiger partial charge in [-0.25, -0.2) is 4.98 Å². The summed E-state index contributed by atoms with van der Waals surface area (Å²) in [5, 5.41) is 1.97. The van der Waals surface area contributed by atoms with Crippen LogP contribution in [-0.4, -0.2) is 11.3 Å². The summed E-state index contributed by atoms with van der Waals surface area (Å²) in [5.41, 5.74) is 2.02. The lowest BCUT2D eigenvalue weighted by Crippen LogP contribution is -1.97. The van der Waals surface area contributed by atoms with Gasteiger partial charge in [0.05, 0.1) is 25.8 Å². The van der Waals surface area contributed by atoms with Crippen molar-refractivity contribution >= 4 is 75.9 Å². The van der Waals surface area contributed by atoms with E-state index in [1.54, 1.807) is 24.3 Å². The maximum Gasteiger partial charge on any atom is 0.168 e. The van der Waals surface area contributed by atoms with Gasteiger partial charge in [-0.3, -0.25) is 4.79 Å². The number of aromatic nitrogens is 1. The lowest BCUT2D eigenvalue weighted by Gasteiger charge is -2.15. The van der Waals surface area contributed by atoms with E-state index in [1.165, 1.54) is 12.1 Å². The predicted molar refractivity (Wildman–Crippen MR) is 111 cm³/mol. The van der Waals surface area contributed by atoms with Crippen molar-refractivity contribution in [2.45, 2.75) is 0 Å². The Labute approximate surface area is 179 Å². The zero-order valence-corrected chi connectivity index (χ0v) is 17.2. The molecule has 2 nitrogen and oxygen atoms in total. The van der Waals surface area contributed by atoms with Crippen molar-refractivity contribution in [3.05, 3.63) is 72.2 Å². The second kappa shape index (κ2) is 7.93. The van der Waals surface area contributed by atoms with Crippen molar-refractivity contribution in [3.63, 3.8) is 0 Å². The first-order valence-electron chi connectivity index (χ1n) is 7.08. The van der Waals surface area contributed by atoms with Gasteiger partial charge >= 0.3 is 0 Å². The van der Waals surface area contributed by atoms with Crippen LogP contribution in [0.15, 0.2) is 36.4 Å². The minimum absolute atomic E-state index is 0.201. The number of aldehydes is 1. The fourth-order valence-electron chi connectivity index (χ4n) is 2.50. The molecule has 1 aromatic heterocycles. The van der Waals surface area contributed by atoms with Gasteiger partial charge in [0.2, 0.25) is 0 Å². The number of benzene rings is 2. The fraction of sp³-hybridized carbons (Fsp3) is 0. The highest BCUT2D eigenvalue weighted by Gasteiger charge is 2.21. The normalized spacial score (nSPS) is 10.8. The highest BCUT2D eigenvalue weighted by molar-refractivity contribution is 6.43. The van der Waals surface area contributed by atoms with Crippen molar-refractivity contribution in [1.29, 1.82) is 0 Å². The third kappa shape index (κ3) is 3.82. The van der Waals surface area contributed by atoms with Crippen LogP contribution in [-0.2, 0) is 0 Å². The molecular weight excluding hydrogens is 459 g/mol. The van der Waals surface area contributed by atoms with Crippen molar-refractivity contribution in [2.24, 2.45) is 0 Å². The molecule has 0 saturated heterocycles. The monoisotopic (exact) mass is 463 g/mol. The number of halogens is 6. The predicted octanol–water partition coefficient (Wildman–Crippen LogP) is 8.15. The second-order valence-corrected chi connectivity index (χ2v) is 7.74. The quantitative estimate of drug-likeness (QED) is 0.365. The number of rotatable bonds is 3. The van der Waals surface area contributed by atoms with Crippen LogP contribution < -0.4 is 0 Å². The van der Waals surface area contributed by atoms with Crippen LogP contribution in [0.3, 0.4) is 0 Å². The molecule has 0 aliphatic heterocycles. The molecule has 26 heavy (non-hydrogen) atoms. The smallest absolute Gasteiger partial charge is 0.168 e. The number of carbonyl (C=O) groups is 1. The first-order valence-corrected chi connectivity index (χ1v) is 9.34. The molecule has 3 aromatic rings. The summed E-state index contributed by atoms with van der Waals surface area (Å²) in [6.45, 7) is 0. The van der Waals surface area contributed by atoms with Gasteiger partial charge in [-0.05, 0) is 36.4 Å². The van der Waals surface area contributed by atoms with E-state index < -0.39 is 0 Å². The summed E-state index contributed by atoms with van der Waals surface area (Å²) in [6, 6.07) is 9.42. The average molecular weight is 466 g/mol. The minimum atomic E-state index is 0.201. The zero-order valence-electron chi connectivity index (χ0n) is 12.7. The second-order valence-electron chi connectivity index (χ2n) is 5.24. The summed E-state index contributed by atoms with van der Waals surface area (Å²) in [6.07, 6.45) is 0.621. The highest BCUT2D eigenvalue weighted by Crippen LogP contribution is 2.45. The van der Waals surface area contributed by atoms with E-state index in [9.17, 15) is 4.79 Å². The largest absolute Gasteiger partial charge is 0.296 e. The molecule has 3 rings (SSSR count). The number of hydrogen-bond acceptors (Lipinski definition) is 2. The number of hydrogen-bond donors (Lipinski definition) is 0. The van der Waals surface area contributed by atoms with Gasteiger partial charge in [0.1, 0.15) is 5.69 Å². The molecule has 0 amide bonds. The molecule has 2 aromatic carbocycles. The van der Waals surface area contributed by atoms with Crippen LogP contribution in [0.4, 0.5) is 0 Å². The van der Waals surface area contributed by atoms with Crippen LogP contribution in [0.25, 0.3) is 22.4 Å². The Hall–Kier alpha value is -1.000. The first-order chi connectivity index (χ1) is 12.3. The van der Waals surface area contributed by atoms with Gasteiger partial charge in [0, 0.05) is 26.7 Å². The molecule has 0 spiro atoms. The summed E-state index contributed by atoms with van der Waals surface area (Å²) in [7, 11) is 0. The Morgan fingerprint density at radius 3 is 1.62 bits per heavy atom. The standard InChI is InChI=1S/C18H7Cl6NO/c19-8-3-12(21)16(13(22)4-8)11-2-1-10(7-26)25-18(11)17-14(23)5-9(20)6-15(17)24/h1-7H. The minimum Gasteiger partial charge on any atom is -0.296 e. The topological polar surface area (TPSA) is 30.0 Å². The van der Waals surface area contributed by atoms with Gasteiger partial charge in [0.15, 0.2) is 6.29 Å². The fourth-order valence-corrected chi connectivity index (χ4v) is 4.52.